The maximum absolute atomic E-state index is 14.8. The second-order valence-electron chi connectivity index (χ2n) is 7.46. The van der Waals surface area contributed by atoms with E-state index in [1.165, 1.54) is 6.07 Å². The van der Waals surface area contributed by atoms with Crippen LogP contribution in [0.4, 0.5) is 15.9 Å². The quantitative estimate of drug-likeness (QED) is 0.670. The molecule has 0 unspecified atom stereocenters. The Morgan fingerprint density at radius 2 is 2.17 bits per heavy atom. The third-order valence-electron chi connectivity index (χ3n) is 5.49. The first-order valence-corrected chi connectivity index (χ1v) is 9.55. The first kappa shape index (κ1) is 17.9. The number of halogens is 1. The van der Waals surface area contributed by atoms with Crippen molar-refractivity contribution in [2.45, 2.75) is 19.0 Å². The van der Waals surface area contributed by atoms with Crippen LogP contribution >= 0.6 is 0 Å². The molecule has 0 radical (unpaired) electrons. The summed E-state index contributed by atoms with van der Waals surface area (Å²) >= 11 is 0. The molecular formula is C20H21FN6O2. The van der Waals surface area contributed by atoms with E-state index in [9.17, 15) is 9.18 Å². The monoisotopic (exact) mass is 396 g/mol. The van der Waals surface area contributed by atoms with Crippen molar-refractivity contribution >= 4 is 17.9 Å². The summed E-state index contributed by atoms with van der Waals surface area (Å²) in [5.74, 6) is 0.219. The molecule has 4 heterocycles. The van der Waals surface area contributed by atoms with Crippen LogP contribution in [0, 0.1) is 5.82 Å². The maximum Gasteiger partial charge on any atom is 0.210 e. The lowest BCUT2D eigenvalue weighted by Crippen LogP contribution is -2.35. The summed E-state index contributed by atoms with van der Waals surface area (Å²) in [4.78, 5) is 13.0. The van der Waals surface area contributed by atoms with Gasteiger partial charge in [0.25, 0.3) is 0 Å². The van der Waals surface area contributed by atoms with E-state index < -0.39 is 0 Å². The number of anilines is 2. The number of aryl methyl sites for hydroxylation is 1. The largest absolute Gasteiger partial charge is 0.377 e. The van der Waals surface area contributed by atoms with Crippen LogP contribution in [-0.2, 0) is 29.5 Å². The van der Waals surface area contributed by atoms with Crippen molar-refractivity contribution < 1.29 is 13.9 Å². The Labute approximate surface area is 166 Å². The Kier molecular flexibility index (Phi) is 4.31. The number of hydrogen-bond acceptors (Lipinski definition) is 5. The first-order chi connectivity index (χ1) is 14.1. The van der Waals surface area contributed by atoms with Crippen LogP contribution in [0.25, 0.3) is 11.1 Å². The van der Waals surface area contributed by atoms with E-state index in [0.717, 1.165) is 35.2 Å². The molecule has 29 heavy (non-hydrogen) atoms. The van der Waals surface area contributed by atoms with Crippen LogP contribution in [0.3, 0.4) is 0 Å². The molecule has 0 aliphatic carbocycles. The second-order valence-corrected chi connectivity index (χ2v) is 7.46. The zero-order valence-corrected chi connectivity index (χ0v) is 16.0. The number of nitrogens with one attached hydrogen (secondary N) is 1. The van der Waals surface area contributed by atoms with Crippen molar-refractivity contribution in [2.24, 2.45) is 7.05 Å². The summed E-state index contributed by atoms with van der Waals surface area (Å²) in [7, 11) is 1.82. The molecule has 0 spiro atoms. The van der Waals surface area contributed by atoms with Crippen LogP contribution in [0.1, 0.15) is 17.3 Å². The second kappa shape index (κ2) is 7.00. The fourth-order valence-electron chi connectivity index (χ4n) is 3.82. The average molecular weight is 396 g/mol. The van der Waals surface area contributed by atoms with Crippen molar-refractivity contribution in [3.8, 4) is 11.1 Å². The molecule has 5 rings (SSSR count). The lowest BCUT2D eigenvalue weighted by molar-refractivity contribution is -0.118. The van der Waals surface area contributed by atoms with Crippen LogP contribution in [0.5, 0.6) is 0 Å². The zero-order valence-electron chi connectivity index (χ0n) is 16.0. The molecular weight excluding hydrogens is 375 g/mol. The van der Waals surface area contributed by atoms with Gasteiger partial charge in [0.2, 0.25) is 6.41 Å². The number of carbonyl (C=O) groups excluding carboxylic acids is 1. The summed E-state index contributed by atoms with van der Waals surface area (Å²) < 4.78 is 23.8. The summed E-state index contributed by atoms with van der Waals surface area (Å²) in [5, 5.41) is 12.0. The predicted octanol–water partition coefficient (Wildman–Crippen LogP) is 2.25. The van der Waals surface area contributed by atoms with Crippen LogP contribution in [0.15, 0.2) is 30.6 Å². The number of rotatable bonds is 5. The molecule has 1 amide bonds. The molecule has 2 aliphatic rings. The van der Waals surface area contributed by atoms with E-state index in [4.69, 9.17) is 9.84 Å². The van der Waals surface area contributed by atoms with Crippen molar-refractivity contribution in [1.29, 1.82) is 0 Å². The summed E-state index contributed by atoms with van der Waals surface area (Å²) in [6.07, 6.45) is 5.12. The minimum atomic E-state index is -0.371. The first-order valence-electron chi connectivity index (χ1n) is 9.55. The van der Waals surface area contributed by atoms with Gasteiger partial charge in [-0.15, -0.1) is 0 Å². The fraction of sp³-hybridized carbons (Fsp3) is 0.350. The minimum Gasteiger partial charge on any atom is -0.377 e. The highest BCUT2D eigenvalue weighted by Gasteiger charge is 2.31. The topological polar surface area (TPSA) is 77.2 Å². The molecule has 3 aromatic rings. The molecule has 1 aromatic carbocycles. The fourth-order valence-corrected chi connectivity index (χ4v) is 3.82. The summed E-state index contributed by atoms with van der Waals surface area (Å²) in [6, 6.07) is 5.24. The molecule has 1 N–H and O–H groups in total. The Morgan fingerprint density at radius 1 is 1.31 bits per heavy atom. The maximum atomic E-state index is 14.8. The van der Waals surface area contributed by atoms with Crippen molar-refractivity contribution in [2.75, 3.05) is 25.1 Å². The molecule has 0 bridgehead atoms. The molecule has 0 atom stereocenters. The zero-order chi connectivity index (χ0) is 20.0. The van der Waals surface area contributed by atoms with Gasteiger partial charge >= 0.3 is 0 Å². The number of hydrogen-bond donors (Lipinski definition) is 1. The Bertz CT molecular complexity index is 1070. The minimum absolute atomic E-state index is 0.194. The van der Waals surface area contributed by atoms with Gasteiger partial charge in [-0.25, -0.2) is 4.39 Å². The molecule has 2 aliphatic heterocycles. The van der Waals surface area contributed by atoms with Gasteiger partial charge in [-0.05, 0) is 17.7 Å². The number of aromatic nitrogens is 4. The van der Waals surface area contributed by atoms with E-state index in [1.807, 2.05) is 24.0 Å². The number of ether oxygens (including phenoxy) is 1. The van der Waals surface area contributed by atoms with Crippen LogP contribution in [0.2, 0.25) is 0 Å². The smallest absolute Gasteiger partial charge is 0.210 e. The Balaban J connectivity index is 1.47. The molecule has 150 valence electrons. The lowest BCUT2D eigenvalue weighted by Gasteiger charge is -2.30. The van der Waals surface area contributed by atoms with Crippen molar-refractivity contribution in [3.05, 3.63) is 47.7 Å². The summed E-state index contributed by atoms with van der Waals surface area (Å²) in [6.45, 7) is 2.37. The number of carbonyl (C=O) groups is 1. The van der Waals surface area contributed by atoms with E-state index in [2.05, 4.69) is 10.4 Å². The van der Waals surface area contributed by atoms with E-state index >= 15 is 0 Å². The third-order valence-corrected chi connectivity index (χ3v) is 5.49. The van der Waals surface area contributed by atoms with E-state index in [0.29, 0.717) is 37.8 Å². The highest BCUT2D eigenvalue weighted by atomic mass is 19.1. The van der Waals surface area contributed by atoms with Gasteiger partial charge in [0.15, 0.2) is 5.82 Å². The van der Waals surface area contributed by atoms with Crippen molar-refractivity contribution in [3.63, 3.8) is 0 Å². The van der Waals surface area contributed by atoms with Crippen molar-refractivity contribution in [1.82, 2.24) is 24.5 Å². The SMILES string of the molecule is Cn1cc(-c2ccc(Nc3nn(C4COC4)c4c3CN(C=O)CC4)c(F)c2)cn1. The number of nitrogens with zero attached hydrogens (tertiary/aromatic N) is 5. The van der Waals surface area contributed by atoms with Crippen LogP contribution in [-0.4, -0.2) is 50.6 Å². The Morgan fingerprint density at radius 3 is 2.83 bits per heavy atom. The third kappa shape index (κ3) is 3.17. The molecule has 9 heteroatoms. The number of fused-ring (bicyclic) bond motifs is 1. The number of amides is 1. The molecule has 2 aromatic heterocycles. The van der Waals surface area contributed by atoms with Crippen LogP contribution < -0.4 is 5.32 Å². The molecule has 8 nitrogen and oxygen atoms in total. The molecule has 1 fully saturated rings. The normalized spacial score (nSPS) is 16.4. The number of benzene rings is 1. The predicted molar refractivity (Wildman–Crippen MR) is 104 cm³/mol. The highest BCUT2D eigenvalue weighted by molar-refractivity contribution is 5.68. The van der Waals surface area contributed by atoms with Gasteiger partial charge in [0.05, 0.1) is 37.7 Å². The van der Waals surface area contributed by atoms with Gasteiger partial charge in [0, 0.05) is 43.0 Å². The molecule has 1 saturated heterocycles. The van der Waals surface area contributed by atoms with Gasteiger partial charge in [-0.2, -0.15) is 10.2 Å². The van der Waals surface area contributed by atoms with Gasteiger partial charge in [-0.1, -0.05) is 6.07 Å². The highest BCUT2D eigenvalue weighted by Crippen LogP contribution is 2.33. The lowest BCUT2D eigenvalue weighted by atomic mass is 10.1. The molecule has 0 saturated carbocycles. The average Bonchev–Trinajstić information content (AvgIpc) is 3.26. The van der Waals surface area contributed by atoms with Gasteiger partial charge < -0.3 is 15.0 Å². The van der Waals surface area contributed by atoms with Gasteiger partial charge in [0.1, 0.15) is 5.82 Å². The summed E-state index contributed by atoms with van der Waals surface area (Å²) in [5.41, 5.74) is 3.98. The standard InChI is InChI=1S/C20H21FN6O2/c1-25-8-14(7-22-25)13-2-3-18(17(21)6-13)23-20-16-9-26(12-28)5-4-19(16)27(24-20)15-10-29-11-15/h2-3,6-8,12,15H,4-5,9-11H2,1H3,(H,23,24). The Hall–Kier alpha value is -3.20. The van der Waals surface area contributed by atoms with Gasteiger partial charge in [-0.3, -0.25) is 14.2 Å². The van der Waals surface area contributed by atoms with E-state index in [-0.39, 0.29) is 11.9 Å². The van der Waals surface area contributed by atoms with E-state index in [1.54, 1.807) is 21.8 Å².